The second-order valence-corrected chi connectivity index (χ2v) is 5.66. The van der Waals surface area contributed by atoms with Crippen LogP contribution in [-0.2, 0) is 6.42 Å². The van der Waals surface area contributed by atoms with Crippen molar-refractivity contribution < 1.29 is 28.2 Å². The Bertz CT molecular complexity index is 1050. The fraction of sp³-hybridized carbons (Fsp3) is 0.158. The molecule has 0 aliphatic carbocycles. The van der Waals surface area contributed by atoms with Crippen molar-refractivity contribution >= 4 is 16.9 Å². The summed E-state index contributed by atoms with van der Waals surface area (Å²) in [5.74, 6) is -3.61. The van der Waals surface area contributed by atoms with Crippen LogP contribution in [0.25, 0.3) is 10.9 Å². The SMILES string of the molecule is CCCc1cc(F)ccc1F.O=C(O)c1c(O)c2cc(F)ccc2[nH]c1=O. The molecule has 3 aromatic rings. The molecule has 0 aliphatic heterocycles. The molecule has 5 nitrogen and oxygen atoms in total. The molecule has 8 heteroatoms. The maximum absolute atomic E-state index is 12.9. The molecular weight excluding hydrogens is 363 g/mol. The summed E-state index contributed by atoms with van der Waals surface area (Å²) in [6.45, 7) is 1.93. The Morgan fingerprint density at radius 3 is 2.33 bits per heavy atom. The van der Waals surface area contributed by atoms with Crippen molar-refractivity contribution in [3.63, 3.8) is 0 Å². The standard InChI is InChI=1S/C10H6FNO4.C9H10F2/c11-4-1-2-6-5(3-4)8(13)7(10(15)16)9(14)12-6;1-2-3-7-6-8(10)4-5-9(7)11/h1-3H,(H,15,16)(H2,12,13,14);4-6H,2-3H2,1H3. The second-order valence-electron chi connectivity index (χ2n) is 5.66. The number of halogens is 3. The van der Waals surface area contributed by atoms with Gasteiger partial charge in [-0.2, -0.15) is 0 Å². The Morgan fingerprint density at radius 2 is 1.70 bits per heavy atom. The van der Waals surface area contributed by atoms with Crippen LogP contribution in [0.3, 0.4) is 0 Å². The molecule has 1 aromatic heterocycles. The normalized spacial score (nSPS) is 10.4. The molecule has 3 rings (SSSR count). The van der Waals surface area contributed by atoms with E-state index < -0.39 is 28.7 Å². The summed E-state index contributed by atoms with van der Waals surface area (Å²) in [5.41, 5.74) is -1.08. The molecule has 2 aromatic carbocycles. The summed E-state index contributed by atoms with van der Waals surface area (Å²) in [6.07, 6.45) is 1.43. The number of hydrogen-bond acceptors (Lipinski definition) is 3. The maximum atomic E-state index is 12.9. The summed E-state index contributed by atoms with van der Waals surface area (Å²) in [4.78, 5) is 24.2. The molecule has 0 amide bonds. The van der Waals surface area contributed by atoms with E-state index in [2.05, 4.69) is 4.98 Å². The number of aromatic carboxylic acids is 1. The Hall–Kier alpha value is -3.29. The molecule has 0 unspecified atom stereocenters. The van der Waals surface area contributed by atoms with Gasteiger partial charge in [0.25, 0.3) is 5.56 Å². The largest absolute Gasteiger partial charge is 0.506 e. The van der Waals surface area contributed by atoms with E-state index in [1.165, 1.54) is 18.2 Å². The molecule has 0 bridgehead atoms. The van der Waals surface area contributed by atoms with Gasteiger partial charge >= 0.3 is 5.97 Å². The number of aromatic amines is 1. The van der Waals surface area contributed by atoms with E-state index in [1.807, 2.05) is 6.92 Å². The van der Waals surface area contributed by atoms with Crippen molar-refractivity contribution in [3.8, 4) is 5.75 Å². The Kier molecular flexibility index (Phi) is 6.23. The molecule has 0 fully saturated rings. The quantitative estimate of drug-likeness (QED) is 0.642. The zero-order valence-electron chi connectivity index (χ0n) is 14.2. The third-order valence-corrected chi connectivity index (χ3v) is 3.69. The topological polar surface area (TPSA) is 90.4 Å². The molecule has 0 saturated carbocycles. The molecule has 0 spiro atoms. The number of aromatic nitrogens is 1. The molecule has 1 heterocycles. The van der Waals surface area contributed by atoms with Crippen molar-refractivity contribution in [2.75, 3.05) is 0 Å². The first kappa shape index (κ1) is 20.0. The molecule has 0 radical (unpaired) electrons. The number of pyridine rings is 1. The third kappa shape index (κ3) is 4.66. The van der Waals surface area contributed by atoms with Crippen LogP contribution in [0.5, 0.6) is 5.75 Å². The highest BCUT2D eigenvalue weighted by molar-refractivity contribution is 5.98. The predicted octanol–water partition coefficient (Wildman–Crippen LogP) is 3.99. The van der Waals surface area contributed by atoms with Gasteiger partial charge in [-0.3, -0.25) is 4.79 Å². The lowest BCUT2D eigenvalue weighted by Gasteiger charge is -2.03. The van der Waals surface area contributed by atoms with Crippen molar-refractivity contribution in [2.45, 2.75) is 19.8 Å². The minimum Gasteiger partial charge on any atom is -0.506 e. The minimum atomic E-state index is -1.56. The van der Waals surface area contributed by atoms with E-state index in [-0.39, 0.29) is 22.5 Å². The molecule has 0 atom stereocenters. The highest BCUT2D eigenvalue weighted by Crippen LogP contribution is 2.25. The number of rotatable bonds is 3. The van der Waals surface area contributed by atoms with Crippen molar-refractivity contribution in [3.05, 3.63) is 75.3 Å². The number of benzene rings is 2. The van der Waals surface area contributed by atoms with E-state index in [1.54, 1.807) is 0 Å². The summed E-state index contributed by atoms with van der Waals surface area (Å²) < 4.78 is 38.2. The van der Waals surface area contributed by atoms with Gasteiger partial charge in [-0.15, -0.1) is 0 Å². The van der Waals surface area contributed by atoms with Gasteiger partial charge in [0.15, 0.2) is 5.56 Å². The van der Waals surface area contributed by atoms with Crippen LogP contribution in [0.1, 0.15) is 29.3 Å². The van der Waals surface area contributed by atoms with Crippen molar-refractivity contribution in [2.24, 2.45) is 0 Å². The number of aryl methyl sites for hydroxylation is 1. The third-order valence-electron chi connectivity index (χ3n) is 3.69. The number of carbonyl (C=O) groups is 1. The molecule has 3 N–H and O–H groups in total. The van der Waals surface area contributed by atoms with Crippen LogP contribution in [0.4, 0.5) is 13.2 Å². The molecule has 27 heavy (non-hydrogen) atoms. The highest BCUT2D eigenvalue weighted by atomic mass is 19.1. The molecule has 142 valence electrons. The van der Waals surface area contributed by atoms with Gasteiger partial charge in [-0.25, -0.2) is 18.0 Å². The van der Waals surface area contributed by atoms with E-state index in [0.717, 1.165) is 24.6 Å². The predicted molar refractivity (Wildman–Crippen MR) is 93.5 cm³/mol. The smallest absolute Gasteiger partial charge is 0.345 e. The van der Waals surface area contributed by atoms with Crippen LogP contribution in [0.15, 0.2) is 41.2 Å². The summed E-state index contributed by atoms with van der Waals surface area (Å²) in [6, 6.07) is 6.84. The van der Waals surface area contributed by atoms with Crippen LogP contribution < -0.4 is 5.56 Å². The lowest BCUT2D eigenvalue weighted by atomic mass is 10.1. The van der Waals surface area contributed by atoms with Crippen LogP contribution in [0, 0.1) is 17.5 Å². The first-order valence-corrected chi connectivity index (χ1v) is 7.96. The lowest BCUT2D eigenvalue weighted by molar-refractivity contribution is 0.0692. The van der Waals surface area contributed by atoms with Gasteiger partial charge in [-0.1, -0.05) is 13.3 Å². The number of fused-ring (bicyclic) bond motifs is 1. The van der Waals surface area contributed by atoms with Crippen molar-refractivity contribution in [1.29, 1.82) is 0 Å². The van der Waals surface area contributed by atoms with Crippen LogP contribution >= 0.6 is 0 Å². The summed E-state index contributed by atoms with van der Waals surface area (Å²) >= 11 is 0. The lowest BCUT2D eigenvalue weighted by Crippen LogP contribution is -2.17. The maximum Gasteiger partial charge on any atom is 0.345 e. The fourth-order valence-electron chi connectivity index (χ4n) is 2.45. The van der Waals surface area contributed by atoms with Crippen LogP contribution in [-0.4, -0.2) is 21.2 Å². The molecule has 0 saturated heterocycles. The monoisotopic (exact) mass is 379 g/mol. The van der Waals surface area contributed by atoms with Gasteiger partial charge in [0.2, 0.25) is 0 Å². The van der Waals surface area contributed by atoms with E-state index >= 15 is 0 Å². The zero-order valence-corrected chi connectivity index (χ0v) is 14.2. The number of H-pyrrole nitrogens is 1. The summed E-state index contributed by atoms with van der Waals surface area (Å²) in [5, 5.41) is 18.2. The number of carboxylic acids is 1. The number of hydrogen-bond donors (Lipinski definition) is 3. The average Bonchev–Trinajstić information content (AvgIpc) is 2.59. The average molecular weight is 379 g/mol. The first-order valence-electron chi connectivity index (χ1n) is 7.96. The number of nitrogens with one attached hydrogen (secondary N) is 1. The van der Waals surface area contributed by atoms with E-state index in [9.17, 15) is 27.9 Å². The van der Waals surface area contributed by atoms with Gasteiger partial charge in [-0.05, 0) is 48.4 Å². The zero-order chi connectivity index (χ0) is 20.1. The number of carboxylic acid groups (broad SMARTS) is 1. The van der Waals surface area contributed by atoms with Gasteiger partial charge in [0.05, 0.1) is 5.52 Å². The van der Waals surface area contributed by atoms with Gasteiger partial charge < -0.3 is 15.2 Å². The summed E-state index contributed by atoms with van der Waals surface area (Å²) in [7, 11) is 0. The second kappa shape index (κ2) is 8.39. The van der Waals surface area contributed by atoms with E-state index in [0.29, 0.717) is 12.0 Å². The Labute approximate surface area is 151 Å². The van der Waals surface area contributed by atoms with E-state index in [4.69, 9.17) is 5.11 Å². The van der Waals surface area contributed by atoms with Crippen LogP contribution in [0.2, 0.25) is 0 Å². The fourth-order valence-corrected chi connectivity index (χ4v) is 2.45. The first-order chi connectivity index (χ1) is 12.7. The Morgan fingerprint density at radius 1 is 1.07 bits per heavy atom. The van der Waals surface area contributed by atoms with Gasteiger partial charge in [0.1, 0.15) is 23.2 Å². The number of aromatic hydroxyl groups is 1. The molecular formula is C19H16F3NO4. The van der Waals surface area contributed by atoms with Crippen molar-refractivity contribution in [1.82, 2.24) is 4.98 Å². The highest BCUT2D eigenvalue weighted by Gasteiger charge is 2.18. The molecule has 0 aliphatic rings. The Balaban J connectivity index is 0.000000208. The van der Waals surface area contributed by atoms with Gasteiger partial charge in [0, 0.05) is 5.39 Å². The minimum absolute atomic E-state index is 0.0444.